The van der Waals surface area contributed by atoms with Crippen LogP contribution in [-0.4, -0.2) is 24.5 Å². The van der Waals surface area contributed by atoms with Crippen molar-refractivity contribution >= 4 is 11.7 Å². The monoisotopic (exact) mass is 172 g/mol. The lowest BCUT2D eigenvalue weighted by atomic mass is 10.4. The Morgan fingerprint density at radius 3 is 3.08 bits per heavy atom. The molecule has 0 saturated heterocycles. The van der Waals surface area contributed by atoms with Crippen LogP contribution in [0.4, 0.5) is 0 Å². The van der Waals surface area contributed by atoms with E-state index in [1.165, 1.54) is 12.3 Å². The molecule has 0 radical (unpaired) electrons. The van der Waals surface area contributed by atoms with E-state index < -0.39 is 12.1 Å². The summed E-state index contributed by atoms with van der Waals surface area (Å²) in [6, 6.07) is 0. The molecule has 6 nitrogen and oxygen atoms in total. The van der Waals surface area contributed by atoms with Crippen LogP contribution in [-0.2, 0) is 19.2 Å². The highest BCUT2D eigenvalue weighted by molar-refractivity contribution is 5.94. The number of rotatable bonds is 4. The van der Waals surface area contributed by atoms with Crippen molar-refractivity contribution in [3.8, 4) is 0 Å². The Hall–Kier alpha value is -1.40. The van der Waals surface area contributed by atoms with Crippen molar-refractivity contribution in [2.45, 2.75) is 6.23 Å². The number of ketones is 1. The molecule has 66 valence electrons. The van der Waals surface area contributed by atoms with Gasteiger partial charge in [0, 0.05) is 6.08 Å². The van der Waals surface area contributed by atoms with Crippen LogP contribution in [0.5, 0.6) is 0 Å². The molecular formula is C6H8N2O4. The van der Waals surface area contributed by atoms with Crippen molar-refractivity contribution in [2.75, 3.05) is 6.61 Å². The topological polar surface area (TPSA) is 90.7 Å². The van der Waals surface area contributed by atoms with Crippen LogP contribution in [0.25, 0.3) is 0 Å². The summed E-state index contributed by atoms with van der Waals surface area (Å²) >= 11 is 0. The average molecular weight is 172 g/mol. The first-order valence-electron chi connectivity index (χ1n) is 3.21. The van der Waals surface area contributed by atoms with E-state index in [1.54, 1.807) is 0 Å². The molecule has 0 aromatic carbocycles. The molecule has 1 amide bonds. The summed E-state index contributed by atoms with van der Waals surface area (Å²) in [5.74, 6) is -0.889. The smallest absolute Gasteiger partial charge is 0.245 e. The van der Waals surface area contributed by atoms with Gasteiger partial charge in [-0.2, -0.15) is 5.48 Å². The summed E-state index contributed by atoms with van der Waals surface area (Å²) in [6.45, 7) is -0.298. The number of amides is 1. The molecule has 6 heteroatoms. The normalized spacial score (nSPS) is 21.0. The second kappa shape index (κ2) is 3.84. The number of carbonyl (C=O) groups excluding carboxylic acids is 2. The van der Waals surface area contributed by atoms with Gasteiger partial charge in [0.15, 0.2) is 0 Å². The van der Waals surface area contributed by atoms with Gasteiger partial charge in [-0.05, 0) is 0 Å². The van der Waals surface area contributed by atoms with Crippen LogP contribution in [0.15, 0.2) is 12.3 Å². The van der Waals surface area contributed by atoms with Crippen LogP contribution in [0, 0.1) is 0 Å². The van der Waals surface area contributed by atoms with E-state index in [1.807, 2.05) is 0 Å². The minimum Gasteiger partial charge on any atom is -0.473 e. The molecule has 0 aromatic rings. The van der Waals surface area contributed by atoms with Crippen molar-refractivity contribution in [1.82, 2.24) is 5.48 Å². The second-order valence-electron chi connectivity index (χ2n) is 2.09. The van der Waals surface area contributed by atoms with E-state index in [0.29, 0.717) is 0 Å². The molecule has 0 saturated carbocycles. The van der Waals surface area contributed by atoms with Gasteiger partial charge in [-0.25, -0.2) is 0 Å². The van der Waals surface area contributed by atoms with E-state index in [0.717, 1.165) is 0 Å². The van der Waals surface area contributed by atoms with Gasteiger partial charge in [0.1, 0.15) is 6.61 Å². The number of nitrogens with two attached hydrogens (primary N) is 1. The zero-order chi connectivity index (χ0) is 8.97. The predicted octanol–water partition coefficient (Wildman–Crippen LogP) is -1.57. The Morgan fingerprint density at radius 2 is 2.58 bits per heavy atom. The second-order valence-corrected chi connectivity index (χ2v) is 2.09. The summed E-state index contributed by atoms with van der Waals surface area (Å²) in [7, 11) is 0. The van der Waals surface area contributed by atoms with Gasteiger partial charge >= 0.3 is 0 Å². The number of ether oxygens (including phenoxy) is 1. The van der Waals surface area contributed by atoms with Gasteiger partial charge in [-0.3, -0.25) is 14.4 Å². The molecule has 1 rings (SSSR count). The third-order valence-corrected chi connectivity index (χ3v) is 1.11. The maximum absolute atomic E-state index is 10.8. The fourth-order valence-corrected chi connectivity index (χ4v) is 0.614. The molecule has 1 unspecified atom stereocenters. The van der Waals surface area contributed by atoms with Crippen molar-refractivity contribution in [3.05, 3.63) is 12.3 Å². The number of primary amides is 1. The van der Waals surface area contributed by atoms with Crippen LogP contribution < -0.4 is 11.2 Å². The summed E-state index contributed by atoms with van der Waals surface area (Å²) in [5, 5.41) is 0. The van der Waals surface area contributed by atoms with E-state index in [2.05, 4.69) is 10.3 Å². The first kappa shape index (κ1) is 8.69. The molecule has 1 aliphatic heterocycles. The van der Waals surface area contributed by atoms with Crippen molar-refractivity contribution < 1.29 is 19.2 Å². The molecule has 3 N–H and O–H groups in total. The maximum atomic E-state index is 10.8. The van der Waals surface area contributed by atoms with E-state index in [4.69, 9.17) is 10.5 Å². The molecule has 12 heavy (non-hydrogen) atoms. The molecule has 0 spiro atoms. The highest BCUT2D eigenvalue weighted by Gasteiger charge is 2.20. The van der Waals surface area contributed by atoms with Crippen molar-refractivity contribution in [3.63, 3.8) is 0 Å². The Balaban J connectivity index is 2.16. The van der Waals surface area contributed by atoms with Gasteiger partial charge in [0.25, 0.3) is 0 Å². The van der Waals surface area contributed by atoms with Crippen molar-refractivity contribution in [2.24, 2.45) is 5.73 Å². The van der Waals surface area contributed by atoms with Crippen molar-refractivity contribution in [1.29, 1.82) is 0 Å². The van der Waals surface area contributed by atoms with Crippen LogP contribution in [0.1, 0.15) is 0 Å². The third kappa shape index (κ3) is 2.33. The number of nitrogens with one attached hydrogen (secondary N) is 1. The number of hydroxylamine groups is 1. The number of hydrogen-bond acceptors (Lipinski definition) is 5. The van der Waals surface area contributed by atoms with Crippen LogP contribution >= 0.6 is 0 Å². The highest BCUT2D eigenvalue weighted by Crippen LogP contribution is 2.00. The fraction of sp³-hybridized carbons (Fsp3) is 0.333. The first-order valence-corrected chi connectivity index (χ1v) is 3.21. The fourth-order valence-electron chi connectivity index (χ4n) is 0.614. The van der Waals surface area contributed by atoms with Crippen LogP contribution in [0.2, 0.25) is 0 Å². The van der Waals surface area contributed by atoms with Gasteiger partial charge in [0.05, 0.1) is 6.26 Å². The third-order valence-electron chi connectivity index (χ3n) is 1.11. The Kier molecular flexibility index (Phi) is 2.78. The Bertz CT molecular complexity index is 226. The van der Waals surface area contributed by atoms with E-state index in [-0.39, 0.29) is 12.4 Å². The highest BCUT2D eigenvalue weighted by atomic mass is 16.7. The quantitative estimate of drug-likeness (QED) is 0.500. The molecule has 0 aromatic heterocycles. The standard InChI is InChI=1S/C6H8N2O4/c7-5(10)3-12-8-6-4(9)1-2-11-6/h1-2,6,8H,3H2,(H2,7,10). The molecule has 0 bridgehead atoms. The lowest BCUT2D eigenvalue weighted by molar-refractivity contribution is -0.138. The minimum absolute atomic E-state index is 0.264. The Morgan fingerprint density at radius 1 is 1.83 bits per heavy atom. The number of carbonyl (C=O) groups is 2. The van der Waals surface area contributed by atoms with E-state index >= 15 is 0 Å². The van der Waals surface area contributed by atoms with Gasteiger partial charge in [-0.1, -0.05) is 0 Å². The van der Waals surface area contributed by atoms with Gasteiger partial charge < -0.3 is 10.5 Å². The molecule has 1 atom stereocenters. The van der Waals surface area contributed by atoms with Crippen LogP contribution in [0.3, 0.4) is 0 Å². The molecule has 0 fully saturated rings. The lowest BCUT2D eigenvalue weighted by Crippen LogP contribution is -2.36. The zero-order valence-corrected chi connectivity index (χ0v) is 6.15. The minimum atomic E-state index is -0.857. The summed E-state index contributed by atoms with van der Waals surface area (Å²) in [6.07, 6.45) is 1.64. The Labute approximate surface area is 68.3 Å². The average Bonchev–Trinajstić information content (AvgIpc) is 2.36. The molecule has 0 aliphatic carbocycles. The molecular weight excluding hydrogens is 164 g/mol. The zero-order valence-electron chi connectivity index (χ0n) is 6.15. The molecule has 1 aliphatic rings. The summed E-state index contributed by atoms with van der Waals surface area (Å²) in [4.78, 5) is 25.5. The summed E-state index contributed by atoms with van der Waals surface area (Å²) < 4.78 is 4.73. The number of hydrogen-bond donors (Lipinski definition) is 2. The largest absolute Gasteiger partial charge is 0.473 e. The molecule has 1 heterocycles. The van der Waals surface area contributed by atoms with Gasteiger partial charge in [0.2, 0.25) is 17.9 Å². The summed E-state index contributed by atoms with van der Waals surface area (Å²) in [5.41, 5.74) is 6.99. The maximum Gasteiger partial charge on any atom is 0.245 e. The van der Waals surface area contributed by atoms with E-state index in [9.17, 15) is 9.59 Å². The predicted molar refractivity (Wildman–Crippen MR) is 37.3 cm³/mol. The van der Waals surface area contributed by atoms with Gasteiger partial charge in [-0.15, -0.1) is 0 Å². The lowest BCUT2D eigenvalue weighted by Gasteiger charge is -2.09. The SMILES string of the molecule is NC(=O)CONC1OC=CC1=O. The first-order chi connectivity index (χ1) is 5.70.